The van der Waals surface area contributed by atoms with Crippen molar-refractivity contribution < 1.29 is 24.2 Å². The maximum atomic E-state index is 12.0. The van der Waals surface area contributed by atoms with Gasteiger partial charge in [-0.25, -0.2) is 0 Å². The van der Waals surface area contributed by atoms with Crippen LogP contribution in [0.4, 0.5) is 0 Å². The highest BCUT2D eigenvalue weighted by Gasteiger charge is 2.67. The summed E-state index contributed by atoms with van der Waals surface area (Å²) in [5.74, 6) is 1.31. The second kappa shape index (κ2) is 6.31. The topological polar surface area (TPSA) is 72.8 Å². The van der Waals surface area contributed by atoms with Gasteiger partial charge in [-0.05, 0) is 85.5 Å². The molecule has 0 amide bonds. The summed E-state index contributed by atoms with van der Waals surface area (Å²) in [6, 6.07) is 4.12. The molecular weight excluding hydrogens is 368 g/mol. The van der Waals surface area contributed by atoms with Gasteiger partial charge in [-0.1, -0.05) is 13.0 Å². The van der Waals surface area contributed by atoms with Crippen LogP contribution in [0.3, 0.4) is 0 Å². The molecule has 8 bridgehead atoms. The van der Waals surface area contributed by atoms with Crippen molar-refractivity contribution in [3.63, 3.8) is 0 Å². The molecular formula is C24H30O5. The van der Waals surface area contributed by atoms with Gasteiger partial charge in [0.1, 0.15) is 17.5 Å². The van der Waals surface area contributed by atoms with Gasteiger partial charge in [-0.2, -0.15) is 0 Å². The second-order valence-electron chi connectivity index (χ2n) is 9.83. The van der Waals surface area contributed by atoms with Crippen LogP contribution in [0.2, 0.25) is 0 Å². The lowest BCUT2D eigenvalue weighted by Crippen LogP contribution is -2.55. The molecule has 5 aliphatic carbocycles. The van der Waals surface area contributed by atoms with Crippen LogP contribution in [0.1, 0.15) is 75.5 Å². The summed E-state index contributed by atoms with van der Waals surface area (Å²) >= 11 is 0. The monoisotopic (exact) mass is 398 g/mol. The summed E-state index contributed by atoms with van der Waals surface area (Å²) in [6.45, 7) is 5.08. The number of aliphatic hydroxyl groups is 1. The summed E-state index contributed by atoms with van der Waals surface area (Å²) in [5, 5.41) is 12.0. The number of ether oxygens (including phenoxy) is 2. The highest BCUT2D eigenvalue weighted by Crippen LogP contribution is 2.66. The van der Waals surface area contributed by atoms with Crippen molar-refractivity contribution in [1.29, 1.82) is 0 Å². The van der Waals surface area contributed by atoms with Crippen LogP contribution in [0.15, 0.2) is 12.1 Å². The van der Waals surface area contributed by atoms with Gasteiger partial charge in [0, 0.05) is 19.3 Å². The first-order valence-electron chi connectivity index (χ1n) is 11.0. The predicted molar refractivity (Wildman–Crippen MR) is 107 cm³/mol. The molecule has 0 radical (unpaired) electrons. The van der Waals surface area contributed by atoms with Crippen molar-refractivity contribution >= 4 is 11.9 Å². The molecule has 0 saturated heterocycles. The quantitative estimate of drug-likeness (QED) is 0.608. The maximum Gasteiger partial charge on any atom is 0.308 e. The van der Waals surface area contributed by atoms with Crippen molar-refractivity contribution in [2.24, 2.45) is 17.3 Å². The first-order valence-corrected chi connectivity index (χ1v) is 11.0. The van der Waals surface area contributed by atoms with Crippen molar-refractivity contribution in [2.45, 2.75) is 83.3 Å². The molecule has 5 aliphatic rings. The zero-order valence-corrected chi connectivity index (χ0v) is 17.5. The Balaban J connectivity index is 1.67. The number of hydrogen-bond donors (Lipinski definition) is 1. The molecule has 2 fully saturated rings. The molecule has 1 aromatic rings. The minimum atomic E-state index is -1.05. The number of carbonyl (C=O) groups excluding carboxylic acids is 2. The zero-order valence-electron chi connectivity index (χ0n) is 17.5. The third-order valence-electron chi connectivity index (χ3n) is 8.69. The lowest BCUT2D eigenvalue weighted by atomic mass is 9.51. The van der Waals surface area contributed by atoms with Crippen molar-refractivity contribution in [2.75, 3.05) is 0 Å². The van der Waals surface area contributed by atoms with E-state index in [1.165, 1.54) is 25.0 Å². The highest BCUT2D eigenvalue weighted by atomic mass is 16.6. The Morgan fingerprint density at radius 3 is 2.59 bits per heavy atom. The SMILES string of the molecule is CC(=O)Oc1ccc2c3c1CC[C@]1(O)[C@@H](OC(C)=O)C[C@H]4[C@H](CC3)C2CC[C@@]41C. The predicted octanol–water partition coefficient (Wildman–Crippen LogP) is 3.69. The molecule has 1 aromatic carbocycles. The van der Waals surface area contributed by atoms with E-state index in [1.54, 1.807) is 0 Å². The summed E-state index contributed by atoms with van der Waals surface area (Å²) in [7, 11) is 0. The van der Waals surface area contributed by atoms with E-state index in [0.717, 1.165) is 37.7 Å². The van der Waals surface area contributed by atoms with E-state index < -0.39 is 11.7 Å². The van der Waals surface area contributed by atoms with Crippen LogP contribution in [0, 0.1) is 17.3 Å². The number of fused-ring (bicyclic) bond motifs is 2. The third kappa shape index (κ3) is 2.56. The molecule has 0 aromatic heterocycles. The normalized spacial score (nSPS) is 39.3. The molecule has 0 heterocycles. The molecule has 5 nitrogen and oxygen atoms in total. The third-order valence-corrected chi connectivity index (χ3v) is 8.69. The largest absolute Gasteiger partial charge is 0.459 e. The average molecular weight is 398 g/mol. The number of benzene rings is 1. The van der Waals surface area contributed by atoms with Gasteiger partial charge in [0.15, 0.2) is 0 Å². The van der Waals surface area contributed by atoms with E-state index in [0.29, 0.717) is 36.3 Å². The minimum Gasteiger partial charge on any atom is -0.459 e. The van der Waals surface area contributed by atoms with E-state index in [-0.39, 0.29) is 17.4 Å². The Kier molecular flexibility index (Phi) is 4.16. The maximum absolute atomic E-state index is 12.0. The van der Waals surface area contributed by atoms with Gasteiger partial charge in [0.2, 0.25) is 0 Å². The summed E-state index contributed by atoms with van der Waals surface area (Å²) in [6.07, 6.45) is 5.49. The van der Waals surface area contributed by atoms with E-state index in [4.69, 9.17) is 9.47 Å². The average Bonchev–Trinajstić information content (AvgIpc) is 2.85. The molecule has 1 N–H and O–H groups in total. The van der Waals surface area contributed by atoms with Gasteiger partial charge in [0.05, 0.1) is 0 Å². The van der Waals surface area contributed by atoms with Crippen LogP contribution in [-0.2, 0) is 27.2 Å². The summed E-state index contributed by atoms with van der Waals surface area (Å²) in [5.41, 5.74) is 2.48. The van der Waals surface area contributed by atoms with Crippen LogP contribution in [0.5, 0.6) is 5.75 Å². The first kappa shape index (κ1) is 19.1. The van der Waals surface area contributed by atoms with E-state index in [2.05, 4.69) is 13.0 Å². The van der Waals surface area contributed by atoms with Gasteiger partial charge in [-0.15, -0.1) is 0 Å². The lowest BCUT2D eigenvalue weighted by molar-refractivity contribution is -0.177. The Labute approximate surface area is 171 Å². The molecule has 6 atom stereocenters. The molecule has 1 unspecified atom stereocenters. The molecule has 0 spiro atoms. The molecule has 29 heavy (non-hydrogen) atoms. The lowest BCUT2D eigenvalue weighted by Gasteiger charge is -2.54. The van der Waals surface area contributed by atoms with Crippen LogP contribution in [0.25, 0.3) is 0 Å². The molecule has 2 saturated carbocycles. The fourth-order valence-electron chi connectivity index (χ4n) is 7.44. The fourth-order valence-corrected chi connectivity index (χ4v) is 7.44. The van der Waals surface area contributed by atoms with E-state index in [9.17, 15) is 14.7 Å². The smallest absolute Gasteiger partial charge is 0.308 e. The van der Waals surface area contributed by atoms with Crippen LogP contribution in [-0.4, -0.2) is 28.8 Å². The minimum absolute atomic E-state index is 0.260. The second-order valence-corrected chi connectivity index (χ2v) is 9.83. The number of esters is 2. The van der Waals surface area contributed by atoms with Gasteiger partial charge >= 0.3 is 11.9 Å². The van der Waals surface area contributed by atoms with E-state index in [1.807, 2.05) is 6.07 Å². The molecule has 0 aliphatic heterocycles. The first-order chi connectivity index (χ1) is 13.7. The van der Waals surface area contributed by atoms with Gasteiger partial charge in [-0.3, -0.25) is 9.59 Å². The van der Waals surface area contributed by atoms with Gasteiger partial charge in [0.25, 0.3) is 0 Å². The number of hydrogen-bond acceptors (Lipinski definition) is 5. The standard InChI is InChI=1S/C24H30O5/c1-13(25)28-21-7-6-15-16-4-5-18-17(15)8-10-23(3)20(18)12-22(29-14(2)26)24(23,27)11-9-19(16)21/h6-7,17-18,20,22,27H,4-5,8-12H2,1-3H3/t17?,18-,20+,22+,23+,24+/m1/s1. The van der Waals surface area contributed by atoms with Gasteiger partial charge < -0.3 is 14.6 Å². The highest BCUT2D eigenvalue weighted by molar-refractivity contribution is 5.70. The van der Waals surface area contributed by atoms with Crippen LogP contribution < -0.4 is 4.74 Å². The Morgan fingerprint density at radius 1 is 1.07 bits per heavy atom. The van der Waals surface area contributed by atoms with Crippen molar-refractivity contribution in [3.05, 3.63) is 28.8 Å². The Morgan fingerprint density at radius 2 is 1.86 bits per heavy atom. The number of rotatable bonds is 2. The van der Waals surface area contributed by atoms with E-state index >= 15 is 0 Å². The molecule has 5 heteroatoms. The molecule has 156 valence electrons. The summed E-state index contributed by atoms with van der Waals surface area (Å²) < 4.78 is 11.3. The zero-order chi connectivity index (χ0) is 20.6. The Hall–Kier alpha value is -1.88. The van der Waals surface area contributed by atoms with Crippen molar-refractivity contribution in [3.8, 4) is 5.75 Å². The summed E-state index contributed by atoms with van der Waals surface area (Å²) in [4.78, 5) is 23.5. The van der Waals surface area contributed by atoms with Crippen molar-refractivity contribution in [1.82, 2.24) is 0 Å². The number of carbonyl (C=O) groups is 2. The Bertz CT molecular complexity index is 892. The molecule has 6 rings (SSSR count). The fraction of sp³-hybridized carbons (Fsp3) is 0.667. The van der Waals surface area contributed by atoms with Crippen LogP contribution >= 0.6 is 0 Å².